The first-order chi connectivity index (χ1) is 15.6. The van der Waals surface area contributed by atoms with Crippen molar-refractivity contribution < 1.29 is 4.79 Å². The molecule has 32 heavy (non-hydrogen) atoms. The number of imidazole rings is 1. The van der Waals surface area contributed by atoms with Crippen LogP contribution in [0.3, 0.4) is 0 Å². The molecule has 4 heteroatoms. The molecule has 2 aromatic carbocycles. The van der Waals surface area contributed by atoms with E-state index in [1.807, 2.05) is 26.0 Å². The van der Waals surface area contributed by atoms with Gasteiger partial charge in [0.1, 0.15) is 5.82 Å². The van der Waals surface area contributed by atoms with Crippen LogP contribution in [0.5, 0.6) is 0 Å². The zero-order chi connectivity index (χ0) is 22.8. The van der Waals surface area contributed by atoms with Gasteiger partial charge in [-0.05, 0) is 50.5 Å². The first-order valence-corrected chi connectivity index (χ1v) is 12.4. The van der Waals surface area contributed by atoms with E-state index in [2.05, 4.69) is 47.1 Å². The summed E-state index contributed by atoms with van der Waals surface area (Å²) >= 11 is 0. The minimum absolute atomic E-state index is 0.0130. The quantitative estimate of drug-likeness (QED) is 0.302. The summed E-state index contributed by atoms with van der Waals surface area (Å²) < 4.78 is 2.40. The molecule has 0 aliphatic rings. The van der Waals surface area contributed by atoms with Crippen LogP contribution in [0.25, 0.3) is 11.0 Å². The van der Waals surface area contributed by atoms with Crippen LogP contribution in [0.2, 0.25) is 0 Å². The monoisotopic (exact) mass is 433 g/mol. The van der Waals surface area contributed by atoms with Gasteiger partial charge in [-0.25, -0.2) is 4.98 Å². The number of benzene rings is 2. The molecule has 0 bridgehead atoms. The van der Waals surface area contributed by atoms with Crippen molar-refractivity contribution in [1.29, 1.82) is 0 Å². The van der Waals surface area contributed by atoms with E-state index in [0.29, 0.717) is 6.54 Å². The summed E-state index contributed by atoms with van der Waals surface area (Å²) in [5.74, 6) is 1.15. The van der Waals surface area contributed by atoms with Crippen LogP contribution in [0.1, 0.15) is 85.6 Å². The number of para-hydroxylation sites is 2. The second kappa shape index (κ2) is 12.4. The van der Waals surface area contributed by atoms with Crippen molar-refractivity contribution in [3.8, 4) is 0 Å². The van der Waals surface area contributed by atoms with E-state index >= 15 is 0 Å². The maximum absolute atomic E-state index is 12.5. The van der Waals surface area contributed by atoms with Crippen LogP contribution >= 0.6 is 0 Å². The second-order valence-corrected chi connectivity index (χ2v) is 8.97. The number of amides is 1. The van der Waals surface area contributed by atoms with E-state index in [0.717, 1.165) is 41.9 Å². The van der Waals surface area contributed by atoms with Crippen molar-refractivity contribution in [2.24, 2.45) is 0 Å². The highest BCUT2D eigenvalue weighted by Gasteiger charge is 2.11. The van der Waals surface area contributed by atoms with Gasteiger partial charge in [-0.15, -0.1) is 0 Å². The number of aryl methyl sites for hydroxylation is 4. The number of rotatable bonds is 13. The fourth-order valence-corrected chi connectivity index (χ4v) is 4.40. The molecule has 172 valence electrons. The number of hydrogen-bond acceptors (Lipinski definition) is 2. The first-order valence-electron chi connectivity index (χ1n) is 12.4. The number of aromatic nitrogens is 2. The largest absolute Gasteiger partial charge is 0.352 e. The molecule has 0 aliphatic heterocycles. The lowest BCUT2D eigenvalue weighted by Crippen LogP contribution is -2.25. The Bertz CT molecular complexity index is 1010. The van der Waals surface area contributed by atoms with Crippen molar-refractivity contribution in [2.45, 2.75) is 85.1 Å². The lowest BCUT2D eigenvalue weighted by Gasteiger charge is -2.11. The van der Waals surface area contributed by atoms with Gasteiger partial charge in [0.2, 0.25) is 0 Å². The summed E-state index contributed by atoms with van der Waals surface area (Å²) in [6.45, 7) is 7.99. The molecular weight excluding hydrogens is 394 g/mol. The summed E-state index contributed by atoms with van der Waals surface area (Å²) in [5, 5.41) is 3.08. The number of unbranched alkanes of at least 4 members (excludes halogenated alkanes) is 6. The van der Waals surface area contributed by atoms with E-state index in [-0.39, 0.29) is 5.91 Å². The predicted octanol–water partition coefficient (Wildman–Crippen LogP) is 6.77. The van der Waals surface area contributed by atoms with Crippen LogP contribution in [0.15, 0.2) is 42.5 Å². The van der Waals surface area contributed by atoms with E-state index in [4.69, 9.17) is 4.98 Å². The van der Waals surface area contributed by atoms with Crippen molar-refractivity contribution >= 4 is 16.9 Å². The topological polar surface area (TPSA) is 46.9 Å². The minimum Gasteiger partial charge on any atom is -0.352 e. The molecule has 0 unspecified atom stereocenters. The fourth-order valence-electron chi connectivity index (χ4n) is 4.40. The summed E-state index contributed by atoms with van der Waals surface area (Å²) in [4.78, 5) is 17.4. The molecule has 3 rings (SSSR count). The molecule has 0 radical (unpaired) electrons. The molecule has 0 spiro atoms. The highest BCUT2D eigenvalue weighted by Crippen LogP contribution is 2.19. The van der Waals surface area contributed by atoms with Gasteiger partial charge in [0.15, 0.2) is 0 Å². The maximum Gasteiger partial charge on any atom is 0.251 e. The van der Waals surface area contributed by atoms with Crippen molar-refractivity contribution in [2.75, 3.05) is 6.54 Å². The van der Waals surface area contributed by atoms with Gasteiger partial charge in [0.05, 0.1) is 11.0 Å². The smallest absolute Gasteiger partial charge is 0.251 e. The zero-order valence-corrected chi connectivity index (χ0v) is 20.1. The molecule has 1 N–H and O–H groups in total. The third kappa shape index (κ3) is 6.69. The number of hydrogen-bond donors (Lipinski definition) is 1. The average molecular weight is 434 g/mol. The molecule has 0 saturated carbocycles. The molecule has 0 atom stereocenters. The van der Waals surface area contributed by atoms with E-state index in [9.17, 15) is 4.79 Å². The van der Waals surface area contributed by atoms with Crippen molar-refractivity contribution in [3.05, 3.63) is 65.0 Å². The number of carbonyl (C=O) groups is 1. The summed E-state index contributed by atoms with van der Waals surface area (Å²) in [6, 6.07) is 14.4. The second-order valence-electron chi connectivity index (χ2n) is 8.97. The third-order valence-electron chi connectivity index (χ3n) is 6.21. The van der Waals surface area contributed by atoms with Gasteiger partial charge in [-0.2, -0.15) is 0 Å². The molecule has 0 saturated heterocycles. The number of nitrogens with one attached hydrogen (secondary N) is 1. The van der Waals surface area contributed by atoms with Crippen LogP contribution in [0, 0.1) is 13.8 Å². The number of carbonyl (C=O) groups excluding carboxylic acids is 1. The molecule has 0 aliphatic carbocycles. The molecule has 0 fully saturated rings. The van der Waals surface area contributed by atoms with Gasteiger partial charge in [0.25, 0.3) is 5.91 Å². The van der Waals surface area contributed by atoms with Gasteiger partial charge >= 0.3 is 0 Å². The van der Waals surface area contributed by atoms with Gasteiger partial charge in [-0.1, -0.05) is 75.3 Å². The Morgan fingerprint density at radius 3 is 2.47 bits per heavy atom. The Labute approximate surface area is 193 Å². The molecule has 4 nitrogen and oxygen atoms in total. The van der Waals surface area contributed by atoms with Crippen LogP contribution < -0.4 is 5.32 Å². The Kier molecular flexibility index (Phi) is 9.33. The lowest BCUT2D eigenvalue weighted by atomic mass is 10.1. The first kappa shape index (κ1) is 24.0. The predicted molar refractivity (Wildman–Crippen MR) is 134 cm³/mol. The van der Waals surface area contributed by atoms with Gasteiger partial charge in [0, 0.05) is 25.1 Å². The van der Waals surface area contributed by atoms with E-state index in [1.54, 1.807) is 0 Å². The van der Waals surface area contributed by atoms with E-state index < -0.39 is 0 Å². The van der Waals surface area contributed by atoms with Crippen LogP contribution in [-0.2, 0) is 13.0 Å². The van der Waals surface area contributed by atoms with Crippen molar-refractivity contribution in [3.63, 3.8) is 0 Å². The standard InChI is InChI=1S/C28H39N3O/c1-4-5-6-7-8-9-12-20-31-26-15-11-10-14-25(26)30-27(31)16-13-19-29-28(32)24-18-17-22(2)21-23(24)3/h10-11,14-15,17-18,21H,4-9,12-13,16,19-20H2,1-3H3,(H,29,32). The third-order valence-corrected chi connectivity index (χ3v) is 6.21. The Morgan fingerprint density at radius 1 is 0.938 bits per heavy atom. The Morgan fingerprint density at radius 2 is 1.69 bits per heavy atom. The van der Waals surface area contributed by atoms with Gasteiger partial charge < -0.3 is 9.88 Å². The average Bonchev–Trinajstić information content (AvgIpc) is 3.13. The fraction of sp³-hybridized carbons (Fsp3) is 0.500. The Hall–Kier alpha value is -2.62. The van der Waals surface area contributed by atoms with Crippen molar-refractivity contribution in [1.82, 2.24) is 14.9 Å². The highest BCUT2D eigenvalue weighted by molar-refractivity contribution is 5.95. The Balaban J connectivity index is 1.52. The minimum atomic E-state index is 0.0130. The number of fused-ring (bicyclic) bond motifs is 1. The molecule has 3 aromatic rings. The normalized spacial score (nSPS) is 11.2. The van der Waals surface area contributed by atoms with Gasteiger partial charge in [-0.3, -0.25) is 4.79 Å². The summed E-state index contributed by atoms with van der Waals surface area (Å²) in [6.07, 6.45) is 10.9. The SMILES string of the molecule is CCCCCCCCCn1c(CCCNC(=O)c2ccc(C)cc2C)nc2ccccc21. The maximum atomic E-state index is 12.5. The summed E-state index contributed by atoms with van der Waals surface area (Å²) in [5.41, 5.74) is 5.28. The number of nitrogens with zero attached hydrogens (tertiary/aromatic N) is 2. The molecule has 1 amide bonds. The molecular formula is C28H39N3O. The van der Waals surface area contributed by atoms with Crippen LogP contribution in [0.4, 0.5) is 0 Å². The van der Waals surface area contributed by atoms with E-state index in [1.165, 1.54) is 56.0 Å². The molecule has 1 heterocycles. The lowest BCUT2D eigenvalue weighted by molar-refractivity contribution is 0.0952. The molecule has 1 aromatic heterocycles. The highest BCUT2D eigenvalue weighted by atomic mass is 16.1. The van der Waals surface area contributed by atoms with Crippen LogP contribution in [-0.4, -0.2) is 22.0 Å². The summed E-state index contributed by atoms with van der Waals surface area (Å²) in [7, 11) is 0. The zero-order valence-electron chi connectivity index (χ0n) is 20.1.